The van der Waals surface area contributed by atoms with E-state index >= 15 is 0 Å². The Hall–Kier alpha value is -1.60. The molecule has 1 heterocycles. The van der Waals surface area contributed by atoms with Crippen LogP contribution in [-0.4, -0.2) is 38.3 Å². The Morgan fingerprint density at radius 1 is 1.22 bits per heavy atom. The maximum Gasteiger partial charge on any atom is 0.246 e. The minimum Gasteiger partial charge on any atom is -0.492 e. The van der Waals surface area contributed by atoms with E-state index in [0.717, 1.165) is 32.1 Å². The van der Waals surface area contributed by atoms with Crippen molar-refractivity contribution in [3.05, 3.63) is 18.2 Å². The molecule has 0 aliphatic carbocycles. The van der Waals surface area contributed by atoms with Crippen LogP contribution in [-0.2, 0) is 14.8 Å². The zero-order valence-electron chi connectivity index (χ0n) is 16.7. The number of amides is 1. The van der Waals surface area contributed by atoms with E-state index in [9.17, 15) is 13.2 Å². The summed E-state index contributed by atoms with van der Waals surface area (Å²) in [5.74, 6) is 0.538. The maximum atomic E-state index is 13.1. The van der Waals surface area contributed by atoms with Crippen molar-refractivity contribution in [1.29, 1.82) is 0 Å². The molecule has 1 aromatic rings. The van der Waals surface area contributed by atoms with Gasteiger partial charge in [-0.25, -0.2) is 8.42 Å². The van der Waals surface area contributed by atoms with Crippen LogP contribution in [0.5, 0.6) is 5.75 Å². The van der Waals surface area contributed by atoms with Gasteiger partial charge in [0.25, 0.3) is 0 Å². The molecule has 1 fully saturated rings. The molecule has 1 saturated heterocycles. The van der Waals surface area contributed by atoms with Crippen LogP contribution in [0.1, 0.15) is 59.3 Å². The highest BCUT2D eigenvalue weighted by molar-refractivity contribution is 7.89. The number of nitrogens with one attached hydrogen (secondary N) is 1. The minimum absolute atomic E-state index is 0.0959. The lowest BCUT2D eigenvalue weighted by atomic mass is 10.0. The summed E-state index contributed by atoms with van der Waals surface area (Å²) in [4.78, 5) is 12.4. The number of hydrogen-bond acceptors (Lipinski definition) is 4. The molecular weight excluding hydrogens is 364 g/mol. The summed E-state index contributed by atoms with van der Waals surface area (Å²) in [5.41, 5.74) is 0.489. The lowest BCUT2D eigenvalue weighted by Gasteiger charge is -2.27. The highest BCUT2D eigenvalue weighted by Crippen LogP contribution is 2.31. The summed E-state index contributed by atoms with van der Waals surface area (Å²) in [6.07, 6.45) is 5.25. The van der Waals surface area contributed by atoms with E-state index in [1.54, 1.807) is 12.1 Å². The van der Waals surface area contributed by atoms with Crippen LogP contribution >= 0.6 is 0 Å². The van der Waals surface area contributed by atoms with E-state index in [1.165, 1.54) is 10.4 Å². The average Bonchev–Trinajstić information content (AvgIpc) is 2.64. The largest absolute Gasteiger partial charge is 0.492 e. The van der Waals surface area contributed by atoms with Crippen LogP contribution in [0.3, 0.4) is 0 Å². The first-order valence-corrected chi connectivity index (χ1v) is 11.4. The number of carbonyl (C=O) groups is 1. The Morgan fingerprint density at radius 2 is 1.93 bits per heavy atom. The lowest BCUT2D eigenvalue weighted by molar-refractivity contribution is -0.117. The Balaban J connectivity index is 2.24. The van der Waals surface area contributed by atoms with Gasteiger partial charge >= 0.3 is 0 Å². The molecule has 0 aromatic heterocycles. The van der Waals surface area contributed by atoms with Crippen molar-refractivity contribution in [3.63, 3.8) is 0 Å². The lowest BCUT2D eigenvalue weighted by Crippen LogP contribution is -2.35. The van der Waals surface area contributed by atoms with Gasteiger partial charge in [-0.2, -0.15) is 4.31 Å². The van der Waals surface area contributed by atoms with Crippen molar-refractivity contribution in [2.45, 2.75) is 64.2 Å². The molecule has 0 spiro atoms. The quantitative estimate of drug-likeness (QED) is 0.684. The minimum atomic E-state index is -3.65. The number of hydrogen-bond donors (Lipinski definition) is 1. The van der Waals surface area contributed by atoms with E-state index in [1.807, 2.05) is 13.8 Å². The summed E-state index contributed by atoms with van der Waals surface area (Å²) >= 11 is 0. The van der Waals surface area contributed by atoms with Gasteiger partial charge in [-0.3, -0.25) is 4.79 Å². The SMILES string of the molecule is CCCC(C)CC(=O)Nc1ccc(OCC)c(S(=O)(=O)N2CCCCC2)c1. The van der Waals surface area contributed by atoms with Crippen LogP contribution in [0.2, 0.25) is 0 Å². The van der Waals surface area contributed by atoms with Crippen molar-refractivity contribution in [3.8, 4) is 5.75 Å². The van der Waals surface area contributed by atoms with Gasteiger partial charge in [0.05, 0.1) is 6.61 Å². The number of ether oxygens (including phenoxy) is 1. The highest BCUT2D eigenvalue weighted by Gasteiger charge is 2.29. The Labute approximate surface area is 163 Å². The molecule has 1 aliphatic heterocycles. The molecule has 1 aromatic carbocycles. The van der Waals surface area contributed by atoms with Gasteiger partial charge in [0.2, 0.25) is 15.9 Å². The third kappa shape index (κ3) is 5.94. The highest BCUT2D eigenvalue weighted by atomic mass is 32.2. The standard InChI is InChI=1S/C20H32N2O4S/c1-4-9-16(3)14-20(23)21-17-10-11-18(26-5-2)19(15-17)27(24,25)22-12-7-6-8-13-22/h10-11,15-16H,4-9,12-14H2,1-3H3,(H,21,23). The molecule has 0 radical (unpaired) electrons. The normalized spacial score (nSPS) is 16.7. The van der Waals surface area contributed by atoms with E-state index in [0.29, 0.717) is 43.5 Å². The molecular formula is C20H32N2O4S. The third-order valence-electron chi connectivity index (χ3n) is 4.78. The van der Waals surface area contributed by atoms with Gasteiger partial charge in [0.15, 0.2) is 0 Å². The first-order chi connectivity index (χ1) is 12.9. The second kappa shape index (κ2) is 10.1. The van der Waals surface area contributed by atoms with Gasteiger partial charge in [-0.15, -0.1) is 0 Å². The predicted octanol–water partition coefficient (Wildman–Crippen LogP) is 4.02. The third-order valence-corrected chi connectivity index (χ3v) is 6.70. The van der Waals surface area contributed by atoms with Crippen LogP contribution in [0.15, 0.2) is 23.1 Å². The fourth-order valence-electron chi connectivity index (χ4n) is 3.43. The summed E-state index contributed by atoms with van der Waals surface area (Å²) < 4.78 is 33.3. The molecule has 1 aliphatic rings. The second-order valence-electron chi connectivity index (χ2n) is 7.21. The maximum absolute atomic E-state index is 13.1. The summed E-state index contributed by atoms with van der Waals surface area (Å²) in [6.45, 7) is 7.40. The van der Waals surface area contributed by atoms with Crippen molar-refractivity contribution in [2.24, 2.45) is 5.92 Å². The van der Waals surface area contributed by atoms with Crippen LogP contribution in [0.25, 0.3) is 0 Å². The number of carbonyl (C=O) groups excluding carboxylic acids is 1. The van der Waals surface area contributed by atoms with E-state index in [-0.39, 0.29) is 10.8 Å². The summed E-state index contributed by atoms with van der Waals surface area (Å²) in [6, 6.07) is 4.85. The van der Waals surface area contributed by atoms with Crippen molar-refractivity contribution < 1.29 is 17.9 Å². The van der Waals surface area contributed by atoms with Gasteiger partial charge in [-0.05, 0) is 43.9 Å². The molecule has 0 saturated carbocycles. The van der Waals surface area contributed by atoms with E-state index < -0.39 is 10.0 Å². The zero-order chi connectivity index (χ0) is 19.9. The first-order valence-electron chi connectivity index (χ1n) is 9.95. The van der Waals surface area contributed by atoms with Gasteiger partial charge in [0.1, 0.15) is 10.6 Å². The number of nitrogens with zero attached hydrogens (tertiary/aromatic N) is 1. The molecule has 152 valence electrons. The zero-order valence-corrected chi connectivity index (χ0v) is 17.5. The monoisotopic (exact) mass is 396 g/mol. The Bertz CT molecular complexity index is 727. The fourth-order valence-corrected chi connectivity index (χ4v) is 5.10. The molecule has 1 unspecified atom stereocenters. The van der Waals surface area contributed by atoms with Crippen molar-refractivity contribution in [1.82, 2.24) is 4.31 Å². The topological polar surface area (TPSA) is 75.7 Å². The number of benzene rings is 1. The molecule has 7 heteroatoms. The Kier molecular flexibility index (Phi) is 8.10. The van der Waals surface area contributed by atoms with Gasteiger partial charge in [0, 0.05) is 25.2 Å². The second-order valence-corrected chi connectivity index (χ2v) is 9.11. The average molecular weight is 397 g/mol. The van der Waals surface area contributed by atoms with E-state index in [4.69, 9.17) is 4.74 Å². The predicted molar refractivity (Wildman–Crippen MR) is 108 cm³/mol. The van der Waals surface area contributed by atoms with Crippen molar-refractivity contribution >= 4 is 21.6 Å². The van der Waals surface area contributed by atoms with Crippen LogP contribution in [0, 0.1) is 5.92 Å². The van der Waals surface area contributed by atoms with Crippen molar-refractivity contribution in [2.75, 3.05) is 25.0 Å². The summed E-state index contributed by atoms with van der Waals surface area (Å²) in [7, 11) is -3.65. The van der Waals surface area contributed by atoms with Gasteiger partial charge in [-0.1, -0.05) is 33.1 Å². The molecule has 6 nitrogen and oxygen atoms in total. The van der Waals surface area contributed by atoms with Gasteiger partial charge < -0.3 is 10.1 Å². The van der Waals surface area contributed by atoms with E-state index in [2.05, 4.69) is 12.2 Å². The number of piperidine rings is 1. The molecule has 27 heavy (non-hydrogen) atoms. The molecule has 2 rings (SSSR count). The smallest absolute Gasteiger partial charge is 0.246 e. The number of rotatable bonds is 9. The summed E-state index contributed by atoms with van der Waals surface area (Å²) in [5, 5.41) is 2.84. The molecule has 1 atom stereocenters. The molecule has 0 bridgehead atoms. The Morgan fingerprint density at radius 3 is 2.56 bits per heavy atom. The molecule has 1 amide bonds. The fraction of sp³-hybridized carbons (Fsp3) is 0.650. The number of sulfonamides is 1. The van der Waals surface area contributed by atoms with Crippen LogP contribution < -0.4 is 10.1 Å². The molecule has 1 N–H and O–H groups in total. The number of anilines is 1. The van der Waals surface area contributed by atoms with Crippen LogP contribution in [0.4, 0.5) is 5.69 Å². The first kappa shape index (κ1) is 21.7.